The minimum absolute atomic E-state index is 0.123. The second-order valence-electron chi connectivity index (χ2n) is 3.02. The monoisotopic (exact) mass is 219 g/mol. The van der Waals surface area contributed by atoms with Gasteiger partial charge in [-0.15, -0.1) is 0 Å². The number of aliphatic imine (C=N–C) groups is 1. The van der Waals surface area contributed by atoms with Crippen LogP contribution in [0.2, 0.25) is 0 Å². The van der Waals surface area contributed by atoms with Crippen molar-refractivity contribution >= 4 is 5.71 Å². The fourth-order valence-corrected chi connectivity index (χ4v) is 1.23. The quantitative estimate of drug-likeness (QED) is 0.555. The molecule has 0 aromatic heterocycles. The number of hydrogen-bond acceptors (Lipinski definition) is 1. The molecule has 0 saturated heterocycles. The maximum absolute atomic E-state index is 12.0. The molecule has 0 amide bonds. The average Bonchev–Trinajstić information content (AvgIpc) is 2.01. The van der Waals surface area contributed by atoms with Gasteiger partial charge < -0.3 is 0 Å². The summed E-state index contributed by atoms with van der Waals surface area (Å²) in [6.07, 6.45) is -10.3. The molecule has 0 spiro atoms. The van der Waals surface area contributed by atoms with Gasteiger partial charge >= 0.3 is 12.4 Å². The van der Waals surface area contributed by atoms with Crippen LogP contribution in [0.25, 0.3) is 0 Å². The van der Waals surface area contributed by atoms with Gasteiger partial charge in [0.1, 0.15) is 11.8 Å². The minimum atomic E-state index is -4.73. The molecule has 1 aliphatic heterocycles. The van der Waals surface area contributed by atoms with Crippen LogP contribution in [0.4, 0.5) is 26.3 Å². The predicted octanol–water partition coefficient (Wildman–Crippen LogP) is 3.10. The SMILES string of the molecule is FC(F)(F)C1=NC(C(F)(F)F)CCC1. The van der Waals surface area contributed by atoms with E-state index in [2.05, 4.69) is 4.99 Å². The summed E-state index contributed by atoms with van der Waals surface area (Å²) in [6, 6.07) is -2.19. The molecule has 0 radical (unpaired) electrons. The van der Waals surface area contributed by atoms with Crippen molar-refractivity contribution in [2.75, 3.05) is 0 Å². The summed E-state index contributed by atoms with van der Waals surface area (Å²) in [4.78, 5) is 2.69. The fourth-order valence-electron chi connectivity index (χ4n) is 1.23. The lowest BCUT2D eigenvalue weighted by Crippen LogP contribution is -2.35. The Morgan fingerprint density at radius 1 is 1.07 bits per heavy atom. The van der Waals surface area contributed by atoms with Crippen LogP contribution in [0.15, 0.2) is 4.99 Å². The van der Waals surface area contributed by atoms with Gasteiger partial charge in [-0.25, -0.2) is 0 Å². The van der Waals surface area contributed by atoms with Crippen molar-refractivity contribution in [3.05, 3.63) is 0 Å². The lowest BCUT2D eigenvalue weighted by molar-refractivity contribution is -0.150. The van der Waals surface area contributed by atoms with Crippen LogP contribution in [0, 0.1) is 0 Å². The summed E-state index contributed by atoms with van der Waals surface area (Å²) in [6.45, 7) is 0. The van der Waals surface area contributed by atoms with Gasteiger partial charge in [0, 0.05) is 0 Å². The number of nitrogens with zero attached hydrogens (tertiary/aromatic N) is 1. The Labute approximate surface area is 75.8 Å². The Morgan fingerprint density at radius 3 is 2.07 bits per heavy atom. The maximum atomic E-state index is 12.0. The summed E-state index contributed by atoms with van der Waals surface area (Å²) >= 11 is 0. The van der Waals surface area contributed by atoms with E-state index in [0.29, 0.717) is 0 Å². The molecule has 0 N–H and O–H groups in total. The molecule has 1 atom stereocenters. The van der Waals surface area contributed by atoms with Crippen LogP contribution < -0.4 is 0 Å². The maximum Gasteiger partial charge on any atom is 0.429 e. The number of rotatable bonds is 0. The third-order valence-corrected chi connectivity index (χ3v) is 1.91. The zero-order valence-corrected chi connectivity index (χ0v) is 6.91. The first kappa shape index (κ1) is 11.3. The summed E-state index contributed by atoms with van der Waals surface area (Å²) in [5, 5.41) is 0. The van der Waals surface area contributed by atoms with Crippen molar-refractivity contribution in [3.63, 3.8) is 0 Å². The highest BCUT2D eigenvalue weighted by Crippen LogP contribution is 2.33. The molecular formula is C7H7F6N. The molecule has 1 aliphatic rings. The Bertz CT molecular complexity index is 238. The van der Waals surface area contributed by atoms with E-state index in [-0.39, 0.29) is 12.8 Å². The van der Waals surface area contributed by atoms with E-state index in [1.54, 1.807) is 0 Å². The highest BCUT2D eigenvalue weighted by molar-refractivity contribution is 5.90. The van der Waals surface area contributed by atoms with Crippen molar-refractivity contribution in [3.8, 4) is 0 Å². The van der Waals surface area contributed by atoms with Crippen LogP contribution in [0.1, 0.15) is 19.3 Å². The third-order valence-electron chi connectivity index (χ3n) is 1.91. The smallest absolute Gasteiger partial charge is 0.272 e. The van der Waals surface area contributed by atoms with Crippen LogP contribution in [-0.4, -0.2) is 24.1 Å². The highest BCUT2D eigenvalue weighted by atomic mass is 19.4. The summed E-state index contributed by atoms with van der Waals surface area (Å²) in [5.74, 6) is 0. The molecule has 0 aliphatic carbocycles. The van der Waals surface area contributed by atoms with Gasteiger partial charge in [0.05, 0.1) is 0 Å². The largest absolute Gasteiger partial charge is 0.429 e. The molecule has 7 heteroatoms. The number of hydrogen-bond donors (Lipinski definition) is 0. The van der Waals surface area contributed by atoms with Gasteiger partial charge in [0.2, 0.25) is 0 Å². The molecule has 0 aromatic carbocycles. The van der Waals surface area contributed by atoms with Gasteiger partial charge in [-0.3, -0.25) is 4.99 Å². The number of halogens is 6. The molecule has 82 valence electrons. The first-order valence-electron chi connectivity index (χ1n) is 3.92. The van der Waals surface area contributed by atoms with Crippen molar-refractivity contribution in [2.24, 2.45) is 4.99 Å². The zero-order valence-electron chi connectivity index (χ0n) is 6.91. The second kappa shape index (κ2) is 3.43. The summed E-state index contributed by atoms with van der Waals surface area (Å²) in [7, 11) is 0. The zero-order chi connectivity index (χ0) is 11.0. The van der Waals surface area contributed by atoms with Crippen LogP contribution >= 0.6 is 0 Å². The van der Waals surface area contributed by atoms with E-state index in [9.17, 15) is 26.3 Å². The highest BCUT2D eigenvalue weighted by Gasteiger charge is 2.45. The molecular weight excluding hydrogens is 212 g/mol. The van der Waals surface area contributed by atoms with Crippen molar-refractivity contribution < 1.29 is 26.3 Å². The molecule has 0 aromatic rings. The summed E-state index contributed by atoms with van der Waals surface area (Å²) in [5.41, 5.74) is -1.30. The molecule has 1 heterocycles. The third kappa shape index (κ3) is 2.62. The first-order valence-corrected chi connectivity index (χ1v) is 3.92. The van der Waals surface area contributed by atoms with Crippen molar-refractivity contribution in [1.82, 2.24) is 0 Å². The van der Waals surface area contributed by atoms with Gasteiger partial charge in [-0.1, -0.05) is 0 Å². The normalized spacial score (nSPS) is 24.7. The Hall–Kier alpha value is -0.750. The summed E-state index contributed by atoms with van der Waals surface area (Å²) < 4.78 is 72.1. The molecule has 0 fully saturated rings. The van der Waals surface area contributed by atoms with Crippen LogP contribution in [-0.2, 0) is 0 Å². The fraction of sp³-hybridized carbons (Fsp3) is 0.857. The van der Waals surface area contributed by atoms with Crippen LogP contribution in [0.5, 0.6) is 0 Å². The Kier molecular flexibility index (Phi) is 2.78. The molecule has 1 unspecified atom stereocenters. The Morgan fingerprint density at radius 2 is 1.64 bits per heavy atom. The molecule has 0 saturated carbocycles. The molecule has 1 rings (SSSR count). The predicted molar refractivity (Wildman–Crippen MR) is 37.2 cm³/mol. The van der Waals surface area contributed by atoms with Gasteiger partial charge in [-0.2, -0.15) is 26.3 Å². The standard InChI is InChI=1S/C7H7F6N/c8-6(9,10)4-2-1-3-5(14-4)7(11,12)13/h4H,1-3H2. The Balaban J connectivity index is 2.85. The topological polar surface area (TPSA) is 12.4 Å². The van der Waals surface area contributed by atoms with E-state index in [4.69, 9.17) is 0 Å². The van der Waals surface area contributed by atoms with Crippen LogP contribution in [0.3, 0.4) is 0 Å². The van der Waals surface area contributed by atoms with E-state index in [0.717, 1.165) is 0 Å². The minimum Gasteiger partial charge on any atom is -0.272 e. The number of alkyl halides is 6. The second-order valence-corrected chi connectivity index (χ2v) is 3.02. The lowest BCUT2D eigenvalue weighted by atomic mass is 10.0. The van der Waals surface area contributed by atoms with E-state index in [1.807, 2.05) is 0 Å². The van der Waals surface area contributed by atoms with Gasteiger partial charge in [-0.05, 0) is 19.3 Å². The van der Waals surface area contributed by atoms with Crippen molar-refractivity contribution in [2.45, 2.75) is 37.7 Å². The lowest BCUT2D eigenvalue weighted by Gasteiger charge is -2.23. The molecule has 0 bridgehead atoms. The van der Waals surface area contributed by atoms with E-state index >= 15 is 0 Å². The van der Waals surface area contributed by atoms with E-state index < -0.39 is 30.5 Å². The van der Waals surface area contributed by atoms with E-state index in [1.165, 1.54) is 0 Å². The van der Waals surface area contributed by atoms with Crippen molar-refractivity contribution in [1.29, 1.82) is 0 Å². The molecule has 14 heavy (non-hydrogen) atoms. The molecule has 1 nitrogen and oxygen atoms in total. The first-order chi connectivity index (χ1) is 6.21. The van der Waals surface area contributed by atoms with Gasteiger partial charge in [0.15, 0.2) is 0 Å². The van der Waals surface area contributed by atoms with Gasteiger partial charge in [0.25, 0.3) is 0 Å². The average molecular weight is 219 g/mol.